The van der Waals surface area contributed by atoms with Crippen molar-refractivity contribution in [2.24, 2.45) is 0 Å². The van der Waals surface area contributed by atoms with Gasteiger partial charge in [0.15, 0.2) is 0 Å². The molecule has 0 aliphatic carbocycles. The summed E-state index contributed by atoms with van der Waals surface area (Å²) in [7, 11) is 0. The van der Waals surface area contributed by atoms with Crippen LogP contribution in [-0.4, -0.2) is 36.3 Å². The molecule has 22 heavy (non-hydrogen) atoms. The number of pyridine rings is 1. The minimum atomic E-state index is 0.264. The van der Waals surface area contributed by atoms with E-state index in [1.54, 1.807) is 11.8 Å². The molecule has 1 aromatic carbocycles. The maximum atomic E-state index is 5.38. The number of aromatic nitrogens is 1. The van der Waals surface area contributed by atoms with Crippen LogP contribution in [-0.2, 0) is 4.18 Å². The maximum Gasteiger partial charge on any atom is 0.126 e. The molecule has 2 heterocycles. The predicted octanol–water partition coefficient (Wildman–Crippen LogP) is 3.48. The minimum absolute atomic E-state index is 0.264. The number of benzene rings is 1. The zero-order chi connectivity index (χ0) is 15.2. The second-order valence-electron chi connectivity index (χ2n) is 4.88. The first-order chi connectivity index (χ1) is 10.8. The van der Waals surface area contributed by atoms with Crippen molar-refractivity contribution in [2.45, 2.75) is 10.3 Å². The number of nitrogens with one attached hydrogen (secondary N) is 2. The Hall–Kier alpha value is -1.21. The predicted molar refractivity (Wildman–Crippen MR) is 95.3 cm³/mol. The molecule has 1 fully saturated rings. The van der Waals surface area contributed by atoms with Gasteiger partial charge in [0, 0.05) is 35.6 Å². The van der Waals surface area contributed by atoms with Gasteiger partial charge < -0.3 is 9.50 Å². The van der Waals surface area contributed by atoms with E-state index in [1.165, 1.54) is 16.9 Å². The summed E-state index contributed by atoms with van der Waals surface area (Å²) >= 11 is 3.23. The first kappa shape index (κ1) is 15.7. The molecule has 0 spiro atoms. The van der Waals surface area contributed by atoms with Crippen LogP contribution in [0.1, 0.15) is 0 Å². The number of hydrogen-bond acceptors (Lipinski definition) is 6. The zero-order valence-corrected chi connectivity index (χ0v) is 14.0. The van der Waals surface area contributed by atoms with Gasteiger partial charge in [0.2, 0.25) is 0 Å². The quantitative estimate of drug-likeness (QED) is 0.645. The molecular formula is C16H19N3OS2. The molecule has 1 aliphatic rings. The van der Waals surface area contributed by atoms with Crippen molar-refractivity contribution in [1.82, 2.24) is 10.3 Å². The van der Waals surface area contributed by atoms with Gasteiger partial charge in [0.25, 0.3) is 0 Å². The molecule has 0 radical (unpaired) electrons. The van der Waals surface area contributed by atoms with Gasteiger partial charge in [0.05, 0.1) is 17.7 Å². The van der Waals surface area contributed by atoms with E-state index in [2.05, 4.69) is 46.1 Å². The highest BCUT2D eigenvalue weighted by Gasteiger charge is 2.13. The van der Waals surface area contributed by atoms with Crippen LogP contribution in [0.4, 0.5) is 5.82 Å². The highest BCUT2D eigenvalue weighted by Crippen LogP contribution is 2.23. The first-order valence-electron chi connectivity index (χ1n) is 7.22. The lowest BCUT2D eigenvalue weighted by Crippen LogP contribution is -2.38. The van der Waals surface area contributed by atoms with Gasteiger partial charge in [-0.05, 0) is 30.5 Å². The molecule has 3 rings (SSSR count). The van der Waals surface area contributed by atoms with Crippen molar-refractivity contribution in [3.05, 3.63) is 42.5 Å². The van der Waals surface area contributed by atoms with Gasteiger partial charge >= 0.3 is 0 Å². The van der Waals surface area contributed by atoms with E-state index >= 15 is 0 Å². The highest BCUT2D eigenvalue weighted by molar-refractivity contribution is 7.98. The smallest absolute Gasteiger partial charge is 0.126 e. The Labute approximate surface area is 139 Å². The largest absolute Gasteiger partial charge is 0.368 e. The molecule has 0 bridgehead atoms. The van der Waals surface area contributed by atoms with E-state index in [9.17, 15) is 0 Å². The van der Waals surface area contributed by atoms with Crippen LogP contribution in [0.3, 0.4) is 0 Å². The van der Waals surface area contributed by atoms with Gasteiger partial charge in [-0.25, -0.2) is 4.98 Å². The second-order valence-corrected chi connectivity index (χ2v) is 6.76. The van der Waals surface area contributed by atoms with E-state index in [4.69, 9.17) is 4.18 Å². The lowest BCUT2D eigenvalue weighted by Gasteiger charge is -2.22. The number of rotatable bonds is 5. The van der Waals surface area contributed by atoms with Crippen LogP contribution >= 0.6 is 23.8 Å². The summed E-state index contributed by atoms with van der Waals surface area (Å²) in [6.07, 6.45) is 2.08. The van der Waals surface area contributed by atoms with E-state index in [0.717, 1.165) is 36.8 Å². The lowest BCUT2D eigenvalue weighted by molar-refractivity contribution is 0.334. The summed E-state index contributed by atoms with van der Waals surface area (Å²) in [5.74, 6) is 0.888. The fraction of sp³-hybridized carbons (Fsp3) is 0.312. The van der Waals surface area contributed by atoms with Crippen LogP contribution in [0, 0.1) is 0 Å². The summed E-state index contributed by atoms with van der Waals surface area (Å²) in [5, 5.41) is 7.03. The molecular weight excluding hydrogens is 314 g/mol. The van der Waals surface area contributed by atoms with E-state index < -0.39 is 0 Å². The van der Waals surface area contributed by atoms with Crippen molar-refractivity contribution >= 4 is 29.6 Å². The van der Waals surface area contributed by atoms with Crippen molar-refractivity contribution in [3.8, 4) is 11.3 Å². The van der Waals surface area contributed by atoms with Crippen molar-refractivity contribution in [3.63, 3.8) is 0 Å². The average molecular weight is 333 g/mol. The fourth-order valence-electron chi connectivity index (χ4n) is 2.19. The molecule has 4 nitrogen and oxygen atoms in total. The third-order valence-electron chi connectivity index (χ3n) is 3.35. The minimum Gasteiger partial charge on any atom is -0.368 e. The topological polar surface area (TPSA) is 46.2 Å². The molecule has 0 saturated carbocycles. The van der Waals surface area contributed by atoms with Crippen molar-refractivity contribution < 1.29 is 4.18 Å². The Kier molecular flexibility index (Phi) is 5.61. The molecule has 1 saturated heterocycles. The Balaban J connectivity index is 1.66. The summed E-state index contributed by atoms with van der Waals surface area (Å²) in [6.45, 7) is 2.45. The molecule has 0 amide bonds. The van der Waals surface area contributed by atoms with Crippen LogP contribution < -0.4 is 10.6 Å². The van der Waals surface area contributed by atoms with E-state index in [1.807, 2.05) is 18.2 Å². The third-order valence-corrected chi connectivity index (χ3v) is 4.96. The zero-order valence-electron chi connectivity index (χ0n) is 12.4. The van der Waals surface area contributed by atoms with Gasteiger partial charge in [-0.2, -0.15) is 0 Å². The maximum absolute atomic E-state index is 5.38. The van der Waals surface area contributed by atoms with Gasteiger partial charge in [-0.15, -0.1) is 11.8 Å². The van der Waals surface area contributed by atoms with Crippen LogP contribution in [0.2, 0.25) is 0 Å². The number of nitrogens with zero attached hydrogens (tertiary/aromatic N) is 1. The van der Waals surface area contributed by atoms with E-state index in [-0.39, 0.29) is 5.37 Å². The van der Waals surface area contributed by atoms with Crippen LogP contribution in [0.5, 0.6) is 0 Å². The van der Waals surface area contributed by atoms with Crippen LogP contribution in [0.15, 0.2) is 47.4 Å². The normalized spacial score (nSPS) is 18.1. The molecule has 2 aromatic rings. The Morgan fingerprint density at radius 1 is 1.32 bits per heavy atom. The highest BCUT2D eigenvalue weighted by atomic mass is 32.2. The lowest BCUT2D eigenvalue weighted by atomic mass is 10.1. The molecule has 6 heteroatoms. The van der Waals surface area contributed by atoms with Gasteiger partial charge in [-0.3, -0.25) is 5.32 Å². The summed E-state index contributed by atoms with van der Waals surface area (Å²) < 4.78 is 5.38. The molecule has 1 unspecified atom stereocenters. The first-order valence-corrected chi connectivity index (χ1v) is 9.25. The standard InChI is InChI=1S/C16H19N3OS2/c1-21-13-7-5-12(6-8-13)14-3-2-4-15(19-14)18-11-16-17-9-10-20-22-16/h2-8,16-17H,9-11H2,1H3,(H,18,19). The molecule has 2 N–H and O–H groups in total. The summed E-state index contributed by atoms with van der Waals surface area (Å²) in [4.78, 5) is 5.95. The summed E-state index contributed by atoms with van der Waals surface area (Å²) in [5.41, 5.74) is 2.12. The van der Waals surface area contributed by atoms with Crippen molar-refractivity contribution in [2.75, 3.05) is 31.3 Å². The van der Waals surface area contributed by atoms with Gasteiger partial charge in [-0.1, -0.05) is 18.2 Å². The fourth-order valence-corrected chi connectivity index (χ4v) is 3.27. The number of anilines is 1. The van der Waals surface area contributed by atoms with E-state index in [0.29, 0.717) is 0 Å². The molecule has 1 atom stereocenters. The second kappa shape index (κ2) is 7.87. The van der Waals surface area contributed by atoms with Crippen LogP contribution in [0.25, 0.3) is 11.3 Å². The average Bonchev–Trinajstić information content (AvgIpc) is 2.61. The van der Waals surface area contributed by atoms with Gasteiger partial charge in [0.1, 0.15) is 5.82 Å². The number of thioether (sulfide) groups is 1. The Bertz CT molecular complexity index is 601. The molecule has 1 aliphatic heterocycles. The molecule has 1 aromatic heterocycles. The summed E-state index contributed by atoms with van der Waals surface area (Å²) in [6, 6.07) is 14.5. The number of hydrogen-bond donors (Lipinski definition) is 2. The SMILES string of the molecule is CSc1ccc(-c2cccc(NCC3NCCOS3)n2)cc1. The van der Waals surface area contributed by atoms with Crippen molar-refractivity contribution in [1.29, 1.82) is 0 Å². The third kappa shape index (κ3) is 4.16. The Morgan fingerprint density at radius 3 is 2.91 bits per heavy atom. The monoisotopic (exact) mass is 333 g/mol. The molecule has 116 valence electrons. The Morgan fingerprint density at radius 2 is 2.18 bits per heavy atom.